The Morgan fingerprint density at radius 3 is 2.57 bits per heavy atom. The van der Waals surface area contributed by atoms with Gasteiger partial charge < -0.3 is 10.2 Å². The van der Waals surface area contributed by atoms with Crippen molar-refractivity contribution in [3.8, 4) is 11.3 Å². The smallest absolute Gasteiger partial charge is 0.221 e. The molecule has 1 aromatic heterocycles. The van der Waals surface area contributed by atoms with E-state index in [4.69, 9.17) is 4.98 Å². The number of thiazole rings is 1. The minimum absolute atomic E-state index is 0.0530. The van der Waals surface area contributed by atoms with Gasteiger partial charge in [-0.1, -0.05) is 31.4 Å². The standard InChI is InChI=1S/C18H23N3OS/c1-13(22)19-15-10-8-14(9-11-15)17-12-23-18(20-17)21(2)16-6-4-3-5-7-16/h8-12,16H,3-7H2,1-2H3,(H,19,22). The van der Waals surface area contributed by atoms with E-state index in [2.05, 4.69) is 22.6 Å². The van der Waals surface area contributed by atoms with E-state index in [-0.39, 0.29) is 5.91 Å². The van der Waals surface area contributed by atoms with Crippen molar-refractivity contribution in [1.82, 2.24) is 4.98 Å². The topological polar surface area (TPSA) is 45.2 Å². The number of carbonyl (C=O) groups is 1. The summed E-state index contributed by atoms with van der Waals surface area (Å²) in [5, 5.41) is 5.99. The van der Waals surface area contributed by atoms with Gasteiger partial charge in [-0.05, 0) is 25.0 Å². The van der Waals surface area contributed by atoms with Gasteiger partial charge in [-0.15, -0.1) is 11.3 Å². The summed E-state index contributed by atoms with van der Waals surface area (Å²) in [6.45, 7) is 1.52. The monoisotopic (exact) mass is 329 g/mol. The molecule has 4 nitrogen and oxygen atoms in total. The van der Waals surface area contributed by atoms with E-state index < -0.39 is 0 Å². The van der Waals surface area contributed by atoms with Crippen LogP contribution in [0.4, 0.5) is 10.8 Å². The van der Waals surface area contributed by atoms with Gasteiger partial charge in [0.2, 0.25) is 5.91 Å². The number of benzene rings is 1. The Balaban J connectivity index is 1.72. The van der Waals surface area contributed by atoms with E-state index in [1.807, 2.05) is 24.3 Å². The van der Waals surface area contributed by atoms with Crippen LogP contribution in [0.1, 0.15) is 39.0 Å². The van der Waals surface area contributed by atoms with Crippen molar-refractivity contribution in [2.45, 2.75) is 45.1 Å². The SMILES string of the molecule is CC(=O)Nc1ccc(-c2csc(N(C)C3CCCCC3)n2)cc1. The van der Waals surface area contributed by atoms with Crippen LogP contribution in [0.15, 0.2) is 29.6 Å². The minimum atomic E-state index is -0.0530. The number of aromatic nitrogens is 1. The maximum atomic E-state index is 11.1. The summed E-state index contributed by atoms with van der Waals surface area (Å²) >= 11 is 1.71. The highest BCUT2D eigenvalue weighted by Crippen LogP contribution is 2.31. The number of carbonyl (C=O) groups excluding carboxylic acids is 1. The second-order valence-electron chi connectivity index (χ2n) is 6.18. The van der Waals surface area contributed by atoms with Crippen LogP contribution in [0.5, 0.6) is 0 Å². The summed E-state index contributed by atoms with van der Waals surface area (Å²) in [6.07, 6.45) is 6.58. The predicted octanol–water partition coefficient (Wildman–Crippen LogP) is 4.54. The first-order chi connectivity index (χ1) is 11.1. The van der Waals surface area contributed by atoms with Crippen molar-refractivity contribution in [2.24, 2.45) is 0 Å². The van der Waals surface area contributed by atoms with Crippen molar-refractivity contribution in [3.05, 3.63) is 29.6 Å². The maximum Gasteiger partial charge on any atom is 0.221 e. The Bertz CT molecular complexity index is 659. The molecule has 0 aliphatic heterocycles. The lowest BCUT2D eigenvalue weighted by atomic mass is 9.95. The second-order valence-corrected chi connectivity index (χ2v) is 7.01. The predicted molar refractivity (Wildman–Crippen MR) is 97.1 cm³/mol. The Morgan fingerprint density at radius 1 is 1.22 bits per heavy atom. The zero-order valence-corrected chi connectivity index (χ0v) is 14.5. The van der Waals surface area contributed by atoms with Crippen molar-refractivity contribution < 1.29 is 4.79 Å². The molecule has 1 N–H and O–H groups in total. The van der Waals surface area contributed by atoms with Gasteiger partial charge in [-0.25, -0.2) is 4.98 Å². The number of hydrogen-bond donors (Lipinski definition) is 1. The van der Waals surface area contributed by atoms with Crippen LogP contribution >= 0.6 is 11.3 Å². The molecule has 0 unspecified atom stereocenters. The van der Waals surface area contributed by atoms with Crippen molar-refractivity contribution in [2.75, 3.05) is 17.3 Å². The van der Waals surface area contributed by atoms with Crippen LogP contribution in [0, 0.1) is 0 Å². The van der Waals surface area contributed by atoms with Gasteiger partial charge in [0.25, 0.3) is 0 Å². The maximum absolute atomic E-state index is 11.1. The lowest BCUT2D eigenvalue weighted by Crippen LogP contribution is -2.33. The van der Waals surface area contributed by atoms with Crippen LogP contribution in [0.25, 0.3) is 11.3 Å². The molecular formula is C18H23N3OS. The quantitative estimate of drug-likeness (QED) is 0.896. The largest absolute Gasteiger partial charge is 0.348 e. The van der Waals surface area contributed by atoms with Gasteiger partial charge in [-0.2, -0.15) is 0 Å². The summed E-state index contributed by atoms with van der Waals surface area (Å²) in [5.41, 5.74) is 2.90. The van der Waals surface area contributed by atoms with Crippen molar-refractivity contribution >= 4 is 28.1 Å². The van der Waals surface area contributed by atoms with Gasteiger partial charge >= 0.3 is 0 Å². The lowest BCUT2D eigenvalue weighted by molar-refractivity contribution is -0.114. The zero-order chi connectivity index (χ0) is 16.2. The van der Waals surface area contributed by atoms with Gasteiger partial charge in [-0.3, -0.25) is 4.79 Å². The van der Waals surface area contributed by atoms with Gasteiger partial charge in [0.15, 0.2) is 5.13 Å². The minimum Gasteiger partial charge on any atom is -0.348 e. The fourth-order valence-corrected chi connectivity index (χ4v) is 3.98. The number of anilines is 2. The third-order valence-corrected chi connectivity index (χ3v) is 5.35. The molecule has 0 radical (unpaired) electrons. The van der Waals surface area contributed by atoms with Crippen LogP contribution in [-0.2, 0) is 4.79 Å². The van der Waals surface area contributed by atoms with Gasteiger partial charge in [0, 0.05) is 36.6 Å². The number of nitrogens with one attached hydrogen (secondary N) is 1. The molecule has 1 fully saturated rings. The van der Waals surface area contributed by atoms with Crippen LogP contribution in [0.2, 0.25) is 0 Å². The molecule has 0 spiro atoms. The van der Waals surface area contributed by atoms with E-state index in [9.17, 15) is 4.79 Å². The molecule has 1 aliphatic rings. The van der Waals surface area contributed by atoms with Crippen LogP contribution in [-0.4, -0.2) is 24.0 Å². The molecule has 1 aliphatic carbocycles. The molecule has 1 saturated carbocycles. The fraction of sp³-hybridized carbons (Fsp3) is 0.444. The molecule has 122 valence electrons. The highest BCUT2D eigenvalue weighted by molar-refractivity contribution is 7.14. The van der Waals surface area contributed by atoms with Gasteiger partial charge in [0.1, 0.15) is 0 Å². The van der Waals surface area contributed by atoms with Crippen LogP contribution in [0.3, 0.4) is 0 Å². The highest BCUT2D eigenvalue weighted by atomic mass is 32.1. The molecule has 3 rings (SSSR count). The average molecular weight is 329 g/mol. The molecular weight excluding hydrogens is 306 g/mol. The van der Waals surface area contributed by atoms with E-state index in [0.717, 1.165) is 22.1 Å². The molecule has 23 heavy (non-hydrogen) atoms. The molecule has 2 aromatic rings. The number of hydrogen-bond acceptors (Lipinski definition) is 4. The third-order valence-electron chi connectivity index (χ3n) is 4.42. The van der Waals surface area contributed by atoms with E-state index in [1.54, 1.807) is 11.3 Å². The third kappa shape index (κ3) is 3.91. The normalized spacial score (nSPS) is 15.4. The number of nitrogens with zero attached hydrogens (tertiary/aromatic N) is 2. The summed E-state index contributed by atoms with van der Waals surface area (Å²) in [4.78, 5) is 18.2. The molecule has 0 saturated heterocycles. The molecule has 5 heteroatoms. The first kappa shape index (κ1) is 16.0. The van der Waals surface area contributed by atoms with Crippen LogP contribution < -0.4 is 10.2 Å². The van der Waals surface area contributed by atoms with Gasteiger partial charge in [0.05, 0.1) is 5.69 Å². The Labute approximate surface area is 141 Å². The molecule has 1 aromatic carbocycles. The van der Waals surface area contributed by atoms with E-state index in [1.165, 1.54) is 39.0 Å². The van der Waals surface area contributed by atoms with Crippen molar-refractivity contribution in [1.29, 1.82) is 0 Å². The summed E-state index contributed by atoms with van der Waals surface area (Å²) in [5.74, 6) is -0.0530. The van der Waals surface area contributed by atoms with E-state index in [0.29, 0.717) is 6.04 Å². The molecule has 0 bridgehead atoms. The lowest BCUT2D eigenvalue weighted by Gasteiger charge is -2.30. The molecule has 0 atom stereocenters. The average Bonchev–Trinajstić information content (AvgIpc) is 3.05. The van der Waals surface area contributed by atoms with Crippen molar-refractivity contribution in [3.63, 3.8) is 0 Å². The second kappa shape index (κ2) is 7.13. The first-order valence-electron chi connectivity index (χ1n) is 8.20. The summed E-state index contributed by atoms with van der Waals surface area (Å²) < 4.78 is 0. The Hall–Kier alpha value is -1.88. The molecule has 1 amide bonds. The summed E-state index contributed by atoms with van der Waals surface area (Å²) in [6, 6.07) is 8.47. The fourth-order valence-electron chi connectivity index (χ4n) is 3.11. The molecule has 1 heterocycles. The summed E-state index contributed by atoms with van der Waals surface area (Å²) in [7, 11) is 2.17. The number of rotatable bonds is 4. The Morgan fingerprint density at radius 2 is 1.91 bits per heavy atom. The first-order valence-corrected chi connectivity index (χ1v) is 9.08. The number of amides is 1. The zero-order valence-electron chi connectivity index (χ0n) is 13.7. The Kier molecular flexibility index (Phi) is 4.96. The van der Waals surface area contributed by atoms with E-state index >= 15 is 0 Å². The highest BCUT2D eigenvalue weighted by Gasteiger charge is 2.20.